The molecule has 2 saturated heterocycles. The Hall–Kier alpha value is -2.79. The summed E-state index contributed by atoms with van der Waals surface area (Å²) in [5.41, 5.74) is 0. The van der Waals surface area contributed by atoms with Gasteiger partial charge in [0.2, 0.25) is 0 Å². The first kappa shape index (κ1) is 109. The van der Waals surface area contributed by atoms with Gasteiger partial charge in [-0.2, -0.15) is 0 Å². The highest BCUT2D eigenvalue weighted by Crippen LogP contribution is 2.49. The SMILES string of the molecule is CCCCCCCC/C=C\CCCCCC(=O)OCC(COP(=O)(O)OC1C(OC2OC(CO)C(O)C(O)C2O)C(O)C(O)C(OC(=O)CCCCCCCCC(C)CCCCCCCC)C1OC1OC(COC(=O)CCCCCCCCCCCCCCCCC)C(O)C(O)C1O)OC(=O)CCCCCCCCCCCCCCCCC. The van der Waals surface area contributed by atoms with E-state index in [1.165, 1.54) is 193 Å². The predicted molar refractivity (Wildman–Crippen MR) is 458 cm³/mol. The minimum absolute atomic E-state index is 0.0162. The molecule has 19 unspecified atom stereocenters. The maximum Gasteiger partial charge on any atom is 0.472 e. The highest BCUT2D eigenvalue weighted by Gasteiger charge is 2.60. The van der Waals surface area contributed by atoms with E-state index in [1.807, 2.05) is 0 Å². The van der Waals surface area contributed by atoms with Gasteiger partial charge in [0.25, 0.3) is 0 Å². The third-order valence-electron chi connectivity index (χ3n) is 23.7. The van der Waals surface area contributed by atoms with Crippen LogP contribution in [0, 0.1) is 5.92 Å². The van der Waals surface area contributed by atoms with Crippen molar-refractivity contribution in [2.24, 2.45) is 5.92 Å². The quantitative estimate of drug-likeness (QED) is 0.00889. The molecule has 0 aromatic carbocycles. The fraction of sp³-hybridized carbons (Fsp3) is 0.935. The molecule has 2 aliphatic heterocycles. The number of aliphatic hydroxyl groups excluding tert-OH is 9. The molecule has 1 saturated carbocycles. The van der Waals surface area contributed by atoms with Crippen molar-refractivity contribution in [3.8, 4) is 0 Å². The fourth-order valence-electron chi connectivity index (χ4n) is 16.0. The summed E-state index contributed by atoms with van der Waals surface area (Å²) in [4.78, 5) is 66.5. The summed E-state index contributed by atoms with van der Waals surface area (Å²) in [6.07, 6.45) is 27.8. The van der Waals surface area contributed by atoms with Crippen molar-refractivity contribution in [3.63, 3.8) is 0 Å². The normalized spacial score (nSPS) is 25.2. The largest absolute Gasteiger partial charge is 0.472 e. The van der Waals surface area contributed by atoms with Crippen molar-refractivity contribution in [1.82, 2.24) is 0 Å². The zero-order valence-corrected chi connectivity index (χ0v) is 75.0. The summed E-state index contributed by atoms with van der Waals surface area (Å²) in [6, 6.07) is 0. The van der Waals surface area contributed by atoms with Gasteiger partial charge in [-0.15, -0.1) is 0 Å². The maximum atomic E-state index is 14.9. The standard InChI is InChI=1S/C92H171O25P/c1-6-10-14-18-22-25-28-31-33-36-39-42-45-52-58-64-76(95)109-70-74-80(99)82(101)86(105)92(113-74)116-89-87(114-78(97)66-60-54-48-47-50-56-62-71(5)61-55-49-21-17-13-9-4)83(102)84(103)88(115-91-85(104)81(100)79(98)73(67-93)112-91)90(89)117-118(106,107)110-69-72(68-108-75(94)63-57-51-44-41-38-35-30-27-24-20-16-12-8-3)111-77(96)65-59-53-46-43-40-37-34-32-29-26-23-19-15-11-7-2/h35,38,71-74,79-93,98-105H,6-34,36-37,39-70H2,1-5H3,(H,106,107)/b38-35-. The lowest BCUT2D eigenvalue weighted by Crippen LogP contribution is -2.70. The van der Waals surface area contributed by atoms with Crippen LogP contribution in [0.1, 0.15) is 413 Å². The molecular weight excluding hydrogens is 1540 g/mol. The van der Waals surface area contributed by atoms with E-state index < -0.39 is 162 Å². The van der Waals surface area contributed by atoms with Crippen molar-refractivity contribution in [3.05, 3.63) is 12.2 Å². The van der Waals surface area contributed by atoms with Gasteiger partial charge in [0, 0.05) is 25.7 Å². The number of carbonyl (C=O) groups is 4. The molecule has 118 heavy (non-hydrogen) atoms. The number of allylic oxidation sites excluding steroid dienone is 2. The number of rotatable bonds is 77. The van der Waals surface area contributed by atoms with Gasteiger partial charge >= 0.3 is 31.7 Å². The van der Waals surface area contributed by atoms with Crippen molar-refractivity contribution in [1.29, 1.82) is 0 Å². The first-order chi connectivity index (χ1) is 57.1. The Balaban J connectivity index is 1.92. The van der Waals surface area contributed by atoms with Gasteiger partial charge in [0.05, 0.1) is 13.2 Å². The van der Waals surface area contributed by atoms with E-state index in [-0.39, 0.29) is 25.7 Å². The Bertz CT molecular complexity index is 2520. The second-order valence-corrected chi connectivity index (χ2v) is 35.9. The molecule has 0 bridgehead atoms. The molecule has 19 atom stereocenters. The van der Waals surface area contributed by atoms with Crippen LogP contribution >= 0.6 is 7.82 Å². The highest BCUT2D eigenvalue weighted by molar-refractivity contribution is 7.47. The summed E-state index contributed by atoms with van der Waals surface area (Å²) in [5.74, 6) is -2.34. The Kier molecular flexibility index (Phi) is 65.2. The third kappa shape index (κ3) is 50.4. The number of aliphatic hydroxyl groups is 9. The molecule has 0 spiro atoms. The van der Waals surface area contributed by atoms with Crippen LogP contribution in [0.15, 0.2) is 12.2 Å². The van der Waals surface area contributed by atoms with Gasteiger partial charge < -0.3 is 88.7 Å². The number of hydrogen-bond acceptors (Lipinski definition) is 24. The monoisotopic (exact) mass is 1710 g/mol. The second-order valence-electron chi connectivity index (χ2n) is 34.5. The molecule has 25 nitrogen and oxygen atoms in total. The molecule has 0 radical (unpaired) electrons. The van der Waals surface area contributed by atoms with Crippen molar-refractivity contribution in [2.45, 2.75) is 518 Å². The van der Waals surface area contributed by atoms with E-state index in [1.54, 1.807) is 0 Å². The van der Waals surface area contributed by atoms with Crippen LogP contribution in [0.4, 0.5) is 0 Å². The summed E-state index contributed by atoms with van der Waals surface area (Å²) < 4.78 is 73.5. The van der Waals surface area contributed by atoms with Crippen LogP contribution in [0.5, 0.6) is 0 Å². The lowest BCUT2D eigenvalue weighted by molar-refractivity contribution is -0.360. The Morgan fingerprint density at radius 1 is 0.356 bits per heavy atom. The zero-order valence-electron chi connectivity index (χ0n) is 74.1. The lowest BCUT2D eigenvalue weighted by Gasteiger charge is -2.50. The highest BCUT2D eigenvalue weighted by atomic mass is 31.2. The molecule has 10 N–H and O–H groups in total. The summed E-state index contributed by atoms with van der Waals surface area (Å²) in [5, 5.41) is 102. The summed E-state index contributed by atoms with van der Waals surface area (Å²) >= 11 is 0. The Morgan fingerprint density at radius 2 is 0.686 bits per heavy atom. The number of phosphoric ester groups is 1. The van der Waals surface area contributed by atoms with Crippen molar-refractivity contribution in [2.75, 3.05) is 26.4 Å². The number of phosphoric acid groups is 1. The zero-order chi connectivity index (χ0) is 86.2. The van der Waals surface area contributed by atoms with Crippen LogP contribution < -0.4 is 0 Å². The van der Waals surface area contributed by atoms with Crippen LogP contribution in [0.2, 0.25) is 0 Å². The van der Waals surface area contributed by atoms with Gasteiger partial charge in [0.1, 0.15) is 92.6 Å². The minimum Gasteiger partial charge on any atom is -0.463 e. The molecule has 3 aliphatic rings. The van der Waals surface area contributed by atoms with Crippen molar-refractivity contribution < 1.29 is 122 Å². The molecule has 3 fully saturated rings. The predicted octanol–water partition coefficient (Wildman–Crippen LogP) is 17.8. The van der Waals surface area contributed by atoms with Crippen LogP contribution in [-0.2, 0) is 70.7 Å². The minimum atomic E-state index is -5.81. The Labute approximate surface area is 712 Å². The average molecular weight is 1710 g/mol. The second kappa shape index (κ2) is 70.4. The van der Waals surface area contributed by atoms with E-state index in [0.29, 0.717) is 38.0 Å². The van der Waals surface area contributed by atoms with Crippen molar-refractivity contribution >= 4 is 31.7 Å². The molecule has 0 aromatic rings. The Morgan fingerprint density at radius 3 is 1.10 bits per heavy atom. The number of ether oxygens (including phenoxy) is 8. The number of esters is 4. The van der Waals surface area contributed by atoms with Gasteiger partial charge in [-0.05, 0) is 57.3 Å². The molecule has 26 heteroatoms. The van der Waals surface area contributed by atoms with Crippen LogP contribution in [-0.4, -0.2) is 205 Å². The molecule has 0 amide bonds. The van der Waals surface area contributed by atoms with E-state index in [9.17, 15) is 74.6 Å². The van der Waals surface area contributed by atoms with Gasteiger partial charge in [0.15, 0.2) is 24.8 Å². The van der Waals surface area contributed by atoms with E-state index in [2.05, 4.69) is 46.8 Å². The molecule has 1 aliphatic carbocycles. The molecule has 3 rings (SSSR count). The fourth-order valence-corrected chi connectivity index (χ4v) is 16.9. The summed E-state index contributed by atoms with van der Waals surface area (Å²) in [7, 11) is -5.81. The maximum absolute atomic E-state index is 14.9. The number of carbonyl (C=O) groups excluding carboxylic acids is 4. The van der Waals surface area contributed by atoms with Gasteiger partial charge in [-0.3, -0.25) is 28.2 Å². The summed E-state index contributed by atoms with van der Waals surface area (Å²) in [6.45, 7) is 7.90. The number of hydrogen-bond donors (Lipinski definition) is 10. The lowest BCUT2D eigenvalue weighted by atomic mass is 9.84. The van der Waals surface area contributed by atoms with E-state index >= 15 is 0 Å². The van der Waals surface area contributed by atoms with Gasteiger partial charge in [-0.25, -0.2) is 4.57 Å². The van der Waals surface area contributed by atoms with Gasteiger partial charge in [-0.1, -0.05) is 349 Å². The van der Waals surface area contributed by atoms with E-state index in [0.717, 1.165) is 128 Å². The number of unbranched alkanes of at least 4 members (excludes halogenated alkanes) is 47. The molecule has 2 heterocycles. The average Bonchev–Trinajstić information content (AvgIpc) is 0.754. The first-order valence-corrected chi connectivity index (χ1v) is 49.3. The van der Waals surface area contributed by atoms with Crippen LogP contribution in [0.3, 0.4) is 0 Å². The molecular formula is C92H171O25P. The molecule has 0 aromatic heterocycles. The van der Waals surface area contributed by atoms with Crippen LogP contribution in [0.25, 0.3) is 0 Å². The topological polar surface area (TPSA) is 380 Å². The molecule has 694 valence electrons. The first-order valence-electron chi connectivity index (χ1n) is 47.8. The smallest absolute Gasteiger partial charge is 0.463 e. The third-order valence-corrected chi connectivity index (χ3v) is 24.7. The van der Waals surface area contributed by atoms with E-state index in [4.69, 9.17) is 46.9 Å².